The minimum atomic E-state index is -0.289. The summed E-state index contributed by atoms with van der Waals surface area (Å²) in [6.45, 7) is 8.63. The van der Waals surface area contributed by atoms with E-state index in [4.69, 9.17) is 4.74 Å². The Balaban J connectivity index is 1.80. The van der Waals surface area contributed by atoms with E-state index in [9.17, 15) is 9.59 Å². The first-order valence-corrected chi connectivity index (χ1v) is 8.97. The summed E-state index contributed by atoms with van der Waals surface area (Å²) in [6.07, 6.45) is 7.01. The minimum absolute atomic E-state index is 0.00641. The Kier molecular flexibility index (Phi) is 3.10. The van der Waals surface area contributed by atoms with Crippen LogP contribution in [0.2, 0.25) is 0 Å². The van der Waals surface area contributed by atoms with Crippen LogP contribution in [0, 0.1) is 17.3 Å². The van der Waals surface area contributed by atoms with Gasteiger partial charge in [0.1, 0.15) is 0 Å². The van der Waals surface area contributed by atoms with Crippen molar-refractivity contribution in [1.82, 2.24) is 0 Å². The third-order valence-corrected chi connectivity index (χ3v) is 6.67. The van der Waals surface area contributed by atoms with Gasteiger partial charge in [-0.15, -0.1) is 0 Å². The first kappa shape index (κ1) is 15.3. The van der Waals surface area contributed by atoms with Gasteiger partial charge in [0.25, 0.3) is 0 Å². The highest BCUT2D eigenvalue weighted by molar-refractivity contribution is 6.50. The lowest BCUT2D eigenvalue weighted by atomic mass is 9.60. The van der Waals surface area contributed by atoms with Gasteiger partial charge in [-0.05, 0) is 48.2 Å². The normalized spacial score (nSPS) is 38.6. The van der Waals surface area contributed by atoms with Crippen molar-refractivity contribution in [2.24, 2.45) is 17.3 Å². The molecule has 2 bridgehead atoms. The lowest BCUT2D eigenvalue weighted by molar-refractivity contribution is -0.135. The summed E-state index contributed by atoms with van der Waals surface area (Å²) in [6, 6.07) is 0. The summed E-state index contributed by atoms with van der Waals surface area (Å²) in [5, 5.41) is 0. The first-order valence-electron chi connectivity index (χ1n) is 8.97. The number of hydrogen-bond donors (Lipinski definition) is 0. The molecule has 3 heteroatoms. The summed E-state index contributed by atoms with van der Waals surface area (Å²) in [5.41, 5.74) is 2.47. The molecule has 1 spiro atoms. The predicted molar refractivity (Wildman–Crippen MR) is 87.9 cm³/mol. The molecule has 0 N–H and O–H groups in total. The largest absolute Gasteiger partial charge is 0.366 e. The van der Waals surface area contributed by atoms with E-state index in [0.717, 1.165) is 30.4 Å². The van der Waals surface area contributed by atoms with Gasteiger partial charge in [0.15, 0.2) is 0 Å². The van der Waals surface area contributed by atoms with Gasteiger partial charge in [-0.2, -0.15) is 0 Å². The fraction of sp³-hybridized carbons (Fsp3) is 0.700. The molecule has 2 aliphatic carbocycles. The van der Waals surface area contributed by atoms with Crippen molar-refractivity contribution in [2.45, 2.75) is 71.5 Å². The van der Waals surface area contributed by atoms with Crippen molar-refractivity contribution in [1.29, 1.82) is 0 Å². The molecule has 1 saturated heterocycles. The quantitative estimate of drug-likeness (QED) is 0.546. The van der Waals surface area contributed by atoms with E-state index in [-0.39, 0.29) is 34.6 Å². The van der Waals surface area contributed by atoms with Crippen LogP contribution >= 0.6 is 0 Å². The van der Waals surface area contributed by atoms with Crippen LogP contribution < -0.4 is 0 Å². The molecule has 0 amide bonds. The maximum absolute atomic E-state index is 12.7. The molecule has 2 fully saturated rings. The molecule has 1 saturated carbocycles. The third kappa shape index (κ3) is 1.98. The Hall–Kier alpha value is -1.22. The minimum Gasteiger partial charge on any atom is -0.366 e. The van der Waals surface area contributed by atoms with Gasteiger partial charge in [-0.3, -0.25) is 9.59 Å². The van der Waals surface area contributed by atoms with Crippen LogP contribution in [-0.4, -0.2) is 23.3 Å². The number of carbonyl (C=O) groups is 2. The molecular weight excluding hydrogens is 288 g/mol. The Morgan fingerprint density at radius 3 is 2.61 bits per heavy atom. The monoisotopic (exact) mass is 314 g/mol. The molecule has 0 aromatic heterocycles. The second-order valence-corrected chi connectivity index (χ2v) is 8.82. The van der Waals surface area contributed by atoms with Crippen molar-refractivity contribution in [3.05, 3.63) is 22.8 Å². The number of ketones is 2. The summed E-state index contributed by atoms with van der Waals surface area (Å²) in [7, 11) is 0. The van der Waals surface area contributed by atoms with Gasteiger partial charge in [-0.1, -0.05) is 34.1 Å². The summed E-state index contributed by atoms with van der Waals surface area (Å²) < 4.78 is 6.54. The van der Waals surface area contributed by atoms with E-state index < -0.39 is 0 Å². The molecule has 0 unspecified atom stereocenters. The molecule has 3 atom stereocenters. The zero-order chi connectivity index (χ0) is 16.6. The zero-order valence-corrected chi connectivity index (χ0v) is 14.6. The number of Topliss-reactive ketones (excluding diaryl/α,β-unsaturated/α-hetero) is 2. The first-order chi connectivity index (χ1) is 10.8. The highest BCUT2D eigenvalue weighted by Crippen LogP contribution is 2.60. The smallest absolute Gasteiger partial charge is 0.229 e. The molecule has 23 heavy (non-hydrogen) atoms. The van der Waals surface area contributed by atoms with Crippen LogP contribution in [0.25, 0.3) is 0 Å². The van der Waals surface area contributed by atoms with Gasteiger partial charge in [-0.25, -0.2) is 0 Å². The molecule has 0 aromatic carbocycles. The van der Waals surface area contributed by atoms with E-state index in [2.05, 4.69) is 13.8 Å². The van der Waals surface area contributed by atoms with Crippen molar-refractivity contribution in [3.63, 3.8) is 0 Å². The fourth-order valence-corrected chi connectivity index (χ4v) is 5.49. The second kappa shape index (κ2) is 4.66. The Morgan fingerprint density at radius 2 is 1.91 bits per heavy atom. The maximum Gasteiger partial charge on any atom is 0.229 e. The lowest BCUT2D eigenvalue weighted by Gasteiger charge is -2.49. The molecule has 0 radical (unpaired) electrons. The highest BCUT2D eigenvalue weighted by Gasteiger charge is 2.60. The number of rotatable bonds is 1. The number of carbonyl (C=O) groups excluding carboxylic acids is 2. The zero-order valence-electron chi connectivity index (χ0n) is 14.6. The van der Waals surface area contributed by atoms with Crippen LogP contribution in [0.4, 0.5) is 0 Å². The lowest BCUT2D eigenvalue weighted by Crippen LogP contribution is -2.49. The van der Waals surface area contributed by atoms with Crippen LogP contribution in [0.3, 0.4) is 0 Å². The van der Waals surface area contributed by atoms with Crippen LogP contribution in [0.15, 0.2) is 22.8 Å². The molecule has 124 valence electrons. The third-order valence-electron chi connectivity index (χ3n) is 6.67. The summed E-state index contributed by atoms with van der Waals surface area (Å²) in [4.78, 5) is 25.2. The van der Waals surface area contributed by atoms with Crippen molar-refractivity contribution in [3.8, 4) is 0 Å². The van der Waals surface area contributed by atoms with E-state index >= 15 is 0 Å². The van der Waals surface area contributed by atoms with Crippen LogP contribution in [-0.2, 0) is 14.3 Å². The highest BCUT2D eigenvalue weighted by atomic mass is 16.5. The summed E-state index contributed by atoms with van der Waals surface area (Å²) >= 11 is 0. The van der Waals surface area contributed by atoms with E-state index in [1.54, 1.807) is 0 Å². The van der Waals surface area contributed by atoms with Gasteiger partial charge in [0.2, 0.25) is 11.6 Å². The van der Waals surface area contributed by atoms with Crippen molar-refractivity contribution < 1.29 is 14.3 Å². The molecule has 2 aliphatic heterocycles. The van der Waals surface area contributed by atoms with Crippen LogP contribution in [0.1, 0.15) is 59.8 Å². The molecular formula is C20H26O3. The van der Waals surface area contributed by atoms with E-state index in [0.29, 0.717) is 17.9 Å². The fourth-order valence-electron chi connectivity index (χ4n) is 5.49. The average Bonchev–Trinajstić information content (AvgIpc) is 2.78. The number of hydrogen-bond acceptors (Lipinski definition) is 3. The van der Waals surface area contributed by atoms with E-state index in [1.807, 2.05) is 19.9 Å². The standard InChI is InChI=1S/C20H26O3/c1-11(2)12-8-13-14(18(22)17(12)21)10-20-7-5-6-19(3,4)16(20)9-15(13)23-20/h8,11,15-16H,5-7,9-10H2,1-4H3/t15-,16-,20-/m0/s1. The second-order valence-electron chi connectivity index (χ2n) is 8.82. The predicted octanol–water partition coefficient (Wildman–Crippen LogP) is 3.77. The number of ether oxygens (including phenoxy) is 1. The number of fused-ring (bicyclic) bond motifs is 2. The molecule has 2 heterocycles. The van der Waals surface area contributed by atoms with Gasteiger partial charge in [0.05, 0.1) is 11.7 Å². The Labute approximate surface area is 138 Å². The Morgan fingerprint density at radius 1 is 1.17 bits per heavy atom. The van der Waals surface area contributed by atoms with E-state index in [1.165, 1.54) is 6.42 Å². The van der Waals surface area contributed by atoms with Crippen molar-refractivity contribution in [2.75, 3.05) is 0 Å². The Bertz CT molecular complexity index is 664. The SMILES string of the molecule is CC(C)C1=CC2=C(C[C@@]34CCCC(C)(C)[C@@H]3C[C@@H]2O4)C(=O)C1=O. The number of allylic oxidation sites excluding steroid dienone is 1. The summed E-state index contributed by atoms with van der Waals surface area (Å²) in [5.74, 6) is 0.0145. The van der Waals surface area contributed by atoms with Crippen LogP contribution in [0.5, 0.6) is 0 Å². The topological polar surface area (TPSA) is 43.4 Å². The molecule has 3 nitrogen and oxygen atoms in total. The molecule has 0 aromatic rings. The average molecular weight is 314 g/mol. The van der Waals surface area contributed by atoms with Gasteiger partial charge in [0, 0.05) is 17.6 Å². The van der Waals surface area contributed by atoms with Gasteiger partial charge >= 0.3 is 0 Å². The van der Waals surface area contributed by atoms with Gasteiger partial charge < -0.3 is 4.74 Å². The maximum atomic E-state index is 12.7. The molecule has 4 aliphatic rings. The molecule has 4 rings (SSSR count). The van der Waals surface area contributed by atoms with Crippen molar-refractivity contribution >= 4 is 11.6 Å².